The van der Waals surface area contributed by atoms with Gasteiger partial charge in [0.2, 0.25) is 0 Å². The van der Waals surface area contributed by atoms with E-state index in [4.69, 9.17) is 0 Å². The quantitative estimate of drug-likeness (QED) is 0.0842. The summed E-state index contributed by atoms with van der Waals surface area (Å²) in [4.78, 5) is 0. The Kier molecular flexibility index (Phi) is 11.5. The number of aliphatic hydroxyl groups is 6. The van der Waals surface area contributed by atoms with Crippen LogP contribution in [-0.2, 0) is 33.6 Å². The van der Waals surface area contributed by atoms with Crippen LogP contribution in [0, 0.1) is 0 Å². The van der Waals surface area contributed by atoms with Crippen LogP contribution in [0.25, 0.3) is 66.8 Å². The summed E-state index contributed by atoms with van der Waals surface area (Å²) in [6.45, 7) is 0. The van der Waals surface area contributed by atoms with Gasteiger partial charge in [-0.2, -0.15) is 0 Å². The lowest BCUT2D eigenvalue weighted by atomic mass is 9.81. The maximum atomic E-state index is 11.8. The number of benzene rings is 9. The minimum atomic E-state index is -1.42. The van der Waals surface area contributed by atoms with Gasteiger partial charge in [0.1, 0.15) is 33.6 Å². The van der Waals surface area contributed by atoms with Crippen LogP contribution in [0.3, 0.4) is 0 Å². The van der Waals surface area contributed by atoms with Gasteiger partial charge in [-0.25, -0.2) is 0 Å². The van der Waals surface area contributed by atoms with Gasteiger partial charge in [0.25, 0.3) is 0 Å². The zero-order valence-electron chi connectivity index (χ0n) is 42.4. The summed E-state index contributed by atoms with van der Waals surface area (Å²) in [6.07, 6.45) is 19.7. The van der Waals surface area contributed by atoms with Gasteiger partial charge in [0.05, 0.1) is 0 Å². The van der Waals surface area contributed by atoms with Crippen LogP contribution in [0.5, 0.6) is 0 Å². The summed E-state index contributed by atoms with van der Waals surface area (Å²) < 4.78 is 0. The Morgan fingerprint density at radius 1 is 0.154 bits per heavy atom. The molecule has 24 bridgehead atoms. The highest BCUT2D eigenvalue weighted by molar-refractivity contribution is 5.75. The third-order valence-electron chi connectivity index (χ3n) is 16.3. The highest BCUT2D eigenvalue weighted by Gasteiger charge is 2.36. The molecule has 0 radical (unpaired) electrons. The van der Waals surface area contributed by atoms with E-state index < -0.39 is 33.6 Å². The third-order valence-corrected chi connectivity index (χ3v) is 16.3. The molecule has 0 heterocycles. The van der Waals surface area contributed by atoms with Crippen LogP contribution >= 0.6 is 0 Å². The van der Waals surface area contributed by atoms with Crippen molar-refractivity contribution in [2.45, 2.75) is 33.6 Å². The van der Waals surface area contributed by atoms with E-state index in [1.807, 2.05) is 152 Å². The molecule has 0 saturated heterocycles. The zero-order chi connectivity index (χ0) is 53.3. The van der Waals surface area contributed by atoms with E-state index >= 15 is 0 Å². The van der Waals surface area contributed by atoms with E-state index in [1.165, 1.54) is 0 Å². The van der Waals surface area contributed by atoms with Gasteiger partial charge < -0.3 is 30.6 Å². The Hall–Kier alpha value is -8.82. The fourth-order valence-electron chi connectivity index (χ4n) is 11.2. The van der Waals surface area contributed by atoms with Crippen molar-refractivity contribution < 1.29 is 30.6 Å². The average molecular weight is 1020 g/mol. The average Bonchev–Trinajstić information content (AvgIpc) is 3.50. The second-order valence-corrected chi connectivity index (χ2v) is 21.2. The maximum absolute atomic E-state index is 11.8. The molecule has 0 saturated carbocycles. The van der Waals surface area contributed by atoms with E-state index in [0.717, 1.165) is 66.8 Å². The van der Waals surface area contributed by atoms with Crippen molar-refractivity contribution in [3.63, 3.8) is 0 Å². The smallest absolute Gasteiger partial charge is 0.127 e. The molecule has 9 aromatic rings. The molecule has 6 N–H and O–H groups in total. The molecular formula is C72H54O6. The summed E-state index contributed by atoms with van der Waals surface area (Å²) in [6, 6.07) is 71.5. The molecule has 9 aromatic carbocycles. The molecule has 20 aliphatic rings. The predicted molar refractivity (Wildman–Crippen MR) is 310 cm³/mol. The minimum Gasteiger partial charge on any atom is -0.377 e. The summed E-state index contributed by atoms with van der Waals surface area (Å²) >= 11 is 0. The fourth-order valence-corrected chi connectivity index (χ4v) is 11.2. The number of hydrogen-bond acceptors (Lipinski definition) is 6. The molecule has 0 spiro atoms. The predicted octanol–water partition coefficient (Wildman–Crippen LogP) is 13.6. The SMILES string of the molecule is OC12C=CC(O)(C=C1)c1ccc(cc1)-c1ccc(cc1)-c1ccc(cc1)C1(O)C=CC(O)(C=C1)c1ccc(cc1)-c1cccc(c1)-c1ccc(cc1)C1(O)C=CC(O)(C=C1)c1ccc(cc1)-c1ccc(cc1)-c1ccc2cc1. The van der Waals surface area contributed by atoms with Crippen molar-refractivity contribution in [2.75, 3.05) is 0 Å². The van der Waals surface area contributed by atoms with Crippen LogP contribution < -0.4 is 0 Å². The second-order valence-electron chi connectivity index (χ2n) is 21.2. The second kappa shape index (κ2) is 18.4. The van der Waals surface area contributed by atoms with E-state index in [0.29, 0.717) is 33.4 Å². The molecule has 0 amide bonds. The molecule has 20 aliphatic carbocycles. The van der Waals surface area contributed by atoms with Gasteiger partial charge in [0, 0.05) is 0 Å². The normalized spacial score (nSPS) is 25.3. The van der Waals surface area contributed by atoms with E-state index in [9.17, 15) is 30.6 Å². The number of hydrogen-bond donors (Lipinski definition) is 6. The molecule has 6 nitrogen and oxygen atoms in total. The molecule has 0 aliphatic heterocycles. The van der Waals surface area contributed by atoms with Crippen LogP contribution in [0.4, 0.5) is 0 Å². The first-order valence-electron chi connectivity index (χ1n) is 26.2. The van der Waals surface area contributed by atoms with Crippen molar-refractivity contribution in [3.05, 3.63) is 325 Å². The Morgan fingerprint density at radius 3 is 0.436 bits per heavy atom. The molecule has 0 fully saturated rings. The Bertz CT molecular complexity index is 3620. The standard InChI is InChI=1S/C72H54O6/c73-67-36-38-68(74,39-37-67)62-26-14-54(15-27-62)50-6-10-52(11-7-50)56-18-30-64(31-19-56)70(76)42-46-72(78,47-43-70)66-34-22-58(23-35-66)60-3-1-2-59(48-60)57-20-32-65(33-21-57)71(77)44-40-69(75,41-45-71)63-28-16-55(17-29-63)51-8-4-49(5-9-51)53-12-24-61(67)25-13-53/h1-48,73-78H. The highest BCUT2D eigenvalue weighted by atomic mass is 16.3. The molecule has 78 heavy (non-hydrogen) atoms. The lowest BCUT2D eigenvalue weighted by Crippen LogP contribution is -2.30. The van der Waals surface area contributed by atoms with Crippen molar-refractivity contribution in [1.82, 2.24) is 0 Å². The monoisotopic (exact) mass is 1010 g/mol. The molecular weight excluding hydrogens is 961 g/mol. The lowest BCUT2D eigenvalue weighted by molar-refractivity contribution is 0.106. The van der Waals surface area contributed by atoms with Crippen molar-refractivity contribution in [3.8, 4) is 66.8 Å². The summed E-state index contributed by atoms with van der Waals surface area (Å²) in [5.74, 6) is 0. The topological polar surface area (TPSA) is 121 Å². The molecule has 6 heteroatoms. The maximum Gasteiger partial charge on any atom is 0.127 e. The van der Waals surface area contributed by atoms with Crippen LogP contribution in [0.15, 0.2) is 291 Å². The van der Waals surface area contributed by atoms with Gasteiger partial charge >= 0.3 is 0 Å². The minimum absolute atomic E-state index is 0.667. The molecule has 378 valence electrons. The summed E-state index contributed by atoms with van der Waals surface area (Å²) in [7, 11) is 0. The van der Waals surface area contributed by atoms with Gasteiger partial charge in [-0.15, -0.1) is 0 Å². The first-order valence-corrected chi connectivity index (χ1v) is 26.2. The van der Waals surface area contributed by atoms with Crippen molar-refractivity contribution >= 4 is 0 Å². The first kappa shape index (κ1) is 48.8. The van der Waals surface area contributed by atoms with Gasteiger partial charge in [-0.05, 0) is 179 Å². The van der Waals surface area contributed by atoms with E-state index in [-0.39, 0.29) is 0 Å². The first-order chi connectivity index (χ1) is 37.7. The van der Waals surface area contributed by atoms with Crippen molar-refractivity contribution in [1.29, 1.82) is 0 Å². The lowest BCUT2D eigenvalue weighted by Gasteiger charge is -2.31. The fraction of sp³-hybridized carbons (Fsp3) is 0.0833. The van der Waals surface area contributed by atoms with Crippen molar-refractivity contribution in [2.24, 2.45) is 0 Å². The van der Waals surface area contributed by atoms with Gasteiger partial charge in [0.15, 0.2) is 0 Å². The van der Waals surface area contributed by atoms with Crippen LogP contribution in [0.2, 0.25) is 0 Å². The van der Waals surface area contributed by atoms with E-state index in [2.05, 4.69) is 66.7 Å². The zero-order valence-corrected chi connectivity index (χ0v) is 42.4. The van der Waals surface area contributed by atoms with Gasteiger partial charge in [-0.3, -0.25) is 0 Å². The highest BCUT2D eigenvalue weighted by Crippen LogP contribution is 2.42. The Labute approximate surface area is 453 Å². The van der Waals surface area contributed by atoms with Crippen LogP contribution in [-0.4, -0.2) is 30.6 Å². The van der Waals surface area contributed by atoms with E-state index in [1.54, 1.807) is 72.9 Å². The Morgan fingerprint density at radius 2 is 0.282 bits per heavy atom. The molecule has 0 atom stereocenters. The molecule has 0 aromatic heterocycles. The molecule has 29 rings (SSSR count). The Balaban J connectivity index is 0.791. The summed E-state index contributed by atoms with van der Waals surface area (Å²) in [5, 5.41) is 70.8. The van der Waals surface area contributed by atoms with Crippen LogP contribution in [0.1, 0.15) is 33.4 Å². The molecule has 0 unspecified atom stereocenters. The van der Waals surface area contributed by atoms with Gasteiger partial charge in [-0.1, -0.05) is 212 Å². The summed E-state index contributed by atoms with van der Waals surface area (Å²) in [5.41, 5.74) is 7.53. The number of rotatable bonds is 0. The largest absolute Gasteiger partial charge is 0.377 e. The third kappa shape index (κ3) is 8.77.